The second kappa shape index (κ2) is 3.22. The molecule has 1 rings (SSSR count). The van der Waals surface area contributed by atoms with Crippen LogP contribution in [0.2, 0.25) is 0 Å². The Hall–Kier alpha value is -0.915. The predicted octanol–water partition coefficient (Wildman–Crippen LogP) is 1.08. The van der Waals surface area contributed by atoms with Gasteiger partial charge in [-0.05, 0) is 24.5 Å². The molecule has 0 spiro atoms. The van der Waals surface area contributed by atoms with Crippen LogP contribution in [0.15, 0.2) is 12.1 Å². The number of rotatable bonds is 1. The molecule has 0 aliphatic carbocycles. The van der Waals surface area contributed by atoms with Crippen molar-refractivity contribution in [2.24, 2.45) is 0 Å². The van der Waals surface area contributed by atoms with Crippen molar-refractivity contribution in [1.29, 1.82) is 0 Å². The summed E-state index contributed by atoms with van der Waals surface area (Å²) in [5, 5.41) is 9.59. The van der Waals surface area contributed by atoms with Gasteiger partial charge in [0.2, 0.25) is 0 Å². The molecule has 0 atom stereocenters. The van der Waals surface area contributed by atoms with E-state index in [-0.39, 0.29) is 0 Å². The Labute approximate surface area is 74.8 Å². The third-order valence-corrected chi connectivity index (χ3v) is 2.27. The van der Waals surface area contributed by atoms with Crippen LogP contribution in [0.1, 0.15) is 30.9 Å². The van der Waals surface area contributed by atoms with Gasteiger partial charge in [-0.25, -0.2) is 0 Å². The van der Waals surface area contributed by atoms with E-state index in [4.69, 9.17) is 0 Å². The normalized spacial score (nSPS) is 10.7. The first-order valence-electron chi connectivity index (χ1n) is 4.32. The van der Waals surface area contributed by atoms with E-state index >= 15 is 0 Å². The number of benzene rings is 1. The van der Waals surface area contributed by atoms with Gasteiger partial charge in [-0.3, -0.25) is 0 Å². The lowest BCUT2D eigenvalue weighted by Gasteiger charge is -2.11. The number of aromatic hydroxyl groups is 1. The maximum absolute atomic E-state index is 9.59. The molecule has 0 saturated carbocycles. The van der Waals surface area contributed by atoms with Crippen LogP contribution >= 0.6 is 0 Å². The average Bonchev–Trinajstić information content (AvgIpc) is 1.96. The smallest absolute Gasteiger partial charge is 0.139 e. The van der Waals surface area contributed by atoms with E-state index in [0.29, 0.717) is 11.7 Å². The van der Waals surface area contributed by atoms with Gasteiger partial charge in [-0.15, -0.1) is 0 Å². The lowest BCUT2D eigenvalue weighted by Crippen LogP contribution is -2.07. The van der Waals surface area contributed by atoms with Gasteiger partial charge < -0.3 is 5.11 Å². The number of hydrogen-bond acceptors (Lipinski definition) is 1. The molecule has 1 nitrogen and oxygen atoms in total. The summed E-state index contributed by atoms with van der Waals surface area (Å²) in [4.78, 5) is 0. The number of phenols is 1. The van der Waals surface area contributed by atoms with Crippen molar-refractivity contribution < 1.29 is 5.11 Å². The molecule has 0 aliphatic rings. The van der Waals surface area contributed by atoms with E-state index in [1.54, 1.807) is 0 Å². The zero-order valence-corrected chi connectivity index (χ0v) is 8.18. The maximum Gasteiger partial charge on any atom is 0.139 e. The second-order valence-corrected chi connectivity index (χ2v) is 3.65. The van der Waals surface area contributed by atoms with Crippen LogP contribution in [-0.4, -0.2) is 13.0 Å². The first-order valence-corrected chi connectivity index (χ1v) is 4.32. The van der Waals surface area contributed by atoms with Crippen LogP contribution in [0.5, 0.6) is 5.75 Å². The Bertz CT molecular complexity index is 292. The van der Waals surface area contributed by atoms with Crippen LogP contribution in [0.4, 0.5) is 0 Å². The van der Waals surface area contributed by atoms with Crippen molar-refractivity contribution in [2.45, 2.75) is 26.7 Å². The molecule has 64 valence electrons. The van der Waals surface area contributed by atoms with Crippen LogP contribution in [0.25, 0.3) is 0 Å². The molecule has 0 amide bonds. The summed E-state index contributed by atoms with van der Waals surface area (Å²) in [6.07, 6.45) is 0. The molecule has 0 fully saturated rings. The zero-order valence-electron chi connectivity index (χ0n) is 8.18. The van der Waals surface area contributed by atoms with Gasteiger partial charge in [-0.2, -0.15) is 0 Å². The monoisotopic (exact) mass is 162 g/mol. The summed E-state index contributed by atoms with van der Waals surface area (Å²) in [5.41, 5.74) is 3.44. The van der Waals surface area contributed by atoms with Crippen LogP contribution in [-0.2, 0) is 0 Å². The van der Waals surface area contributed by atoms with E-state index in [1.165, 1.54) is 5.56 Å². The summed E-state index contributed by atoms with van der Waals surface area (Å²) in [5.74, 6) is 0.817. The zero-order chi connectivity index (χ0) is 9.30. The molecular formula is C10H15BO. The molecule has 0 aromatic heterocycles. The highest BCUT2D eigenvalue weighted by Gasteiger charge is 2.06. The van der Waals surface area contributed by atoms with Crippen molar-refractivity contribution in [2.75, 3.05) is 0 Å². The van der Waals surface area contributed by atoms with Crippen molar-refractivity contribution in [1.82, 2.24) is 0 Å². The van der Waals surface area contributed by atoms with Crippen molar-refractivity contribution in [3.8, 4) is 5.75 Å². The van der Waals surface area contributed by atoms with E-state index in [9.17, 15) is 5.11 Å². The SMILES string of the molecule is Bc1cc(O)c(C(C)C)cc1C. The molecular weight excluding hydrogens is 147 g/mol. The van der Waals surface area contributed by atoms with Gasteiger partial charge in [0.15, 0.2) is 0 Å². The van der Waals surface area contributed by atoms with E-state index in [1.807, 2.05) is 13.9 Å². The fraction of sp³-hybridized carbons (Fsp3) is 0.400. The Balaban J connectivity index is 3.23. The predicted molar refractivity (Wildman–Crippen MR) is 55.1 cm³/mol. The highest BCUT2D eigenvalue weighted by atomic mass is 16.3. The number of aryl methyl sites for hydroxylation is 1. The summed E-state index contributed by atoms with van der Waals surface area (Å²) < 4.78 is 0. The summed E-state index contributed by atoms with van der Waals surface area (Å²) >= 11 is 0. The van der Waals surface area contributed by atoms with Crippen molar-refractivity contribution in [3.05, 3.63) is 23.3 Å². The molecule has 1 aromatic rings. The topological polar surface area (TPSA) is 20.2 Å². The first kappa shape index (κ1) is 9.18. The number of hydrogen-bond donors (Lipinski definition) is 1. The Morgan fingerprint density at radius 2 is 1.92 bits per heavy atom. The van der Waals surface area contributed by atoms with Gasteiger partial charge in [0.1, 0.15) is 13.6 Å². The quantitative estimate of drug-likeness (QED) is 0.612. The average molecular weight is 162 g/mol. The van der Waals surface area contributed by atoms with E-state index in [2.05, 4.69) is 26.8 Å². The number of phenolic OH excluding ortho intramolecular Hbond substituents is 1. The first-order chi connectivity index (χ1) is 5.52. The van der Waals surface area contributed by atoms with E-state index < -0.39 is 0 Å². The standard InChI is InChI=1S/C10H15BO/c1-6(2)8-4-7(3)9(11)5-10(8)12/h4-6,12H,11H2,1-3H3. The largest absolute Gasteiger partial charge is 0.508 e. The Morgan fingerprint density at radius 3 is 2.42 bits per heavy atom. The molecule has 0 radical (unpaired) electrons. The summed E-state index contributed by atoms with van der Waals surface area (Å²) in [6, 6.07) is 3.90. The van der Waals surface area contributed by atoms with Gasteiger partial charge in [-0.1, -0.05) is 30.9 Å². The van der Waals surface area contributed by atoms with Gasteiger partial charge in [0.25, 0.3) is 0 Å². The van der Waals surface area contributed by atoms with E-state index in [0.717, 1.165) is 11.0 Å². The molecule has 0 unspecified atom stereocenters. The highest BCUT2D eigenvalue weighted by Crippen LogP contribution is 2.24. The molecule has 0 saturated heterocycles. The molecule has 2 heteroatoms. The summed E-state index contributed by atoms with van der Waals surface area (Å²) in [6.45, 7) is 6.24. The molecule has 12 heavy (non-hydrogen) atoms. The van der Waals surface area contributed by atoms with Crippen LogP contribution < -0.4 is 5.46 Å². The van der Waals surface area contributed by atoms with Crippen LogP contribution in [0.3, 0.4) is 0 Å². The molecule has 1 aromatic carbocycles. The minimum atomic E-state index is 0.393. The fourth-order valence-electron chi connectivity index (χ4n) is 1.29. The van der Waals surface area contributed by atoms with Crippen molar-refractivity contribution in [3.63, 3.8) is 0 Å². The highest BCUT2D eigenvalue weighted by molar-refractivity contribution is 6.33. The molecule has 0 aliphatic heterocycles. The lowest BCUT2D eigenvalue weighted by molar-refractivity contribution is 0.465. The Kier molecular flexibility index (Phi) is 2.46. The Morgan fingerprint density at radius 1 is 1.33 bits per heavy atom. The van der Waals surface area contributed by atoms with Crippen molar-refractivity contribution >= 4 is 13.3 Å². The van der Waals surface area contributed by atoms with Gasteiger partial charge in [0.05, 0.1) is 0 Å². The third kappa shape index (κ3) is 1.63. The molecule has 1 N–H and O–H groups in total. The minimum Gasteiger partial charge on any atom is -0.508 e. The van der Waals surface area contributed by atoms with Gasteiger partial charge in [0, 0.05) is 0 Å². The molecule has 0 heterocycles. The fourth-order valence-corrected chi connectivity index (χ4v) is 1.29. The summed E-state index contributed by atoms with van der Waals surface area (Å²) in [7, 11) is 2.01. The third-order valence-electron chi connectivity index (χ3n) is 2.27. The second-order valence-electron chi connectivity index (χ2n) is 3.65. The van der Waals surface area contributed by atoms with Gasteiger partial charge >= 0.3 is 0 Å². The molecule has 0 bridgehead atoms. The maximum atomic E-state index is 9.59. The van der Waals surface area contributed by atoms with Crippen LogP contribution in [0, 0.1) is 6.92 Å². The minimum absolute atomic E-state index is 0.393. The lowest BCUT2D eigenvalue weighted by atomic mass is 9.87.